The van der Waals surface area contributed by atoms with Gasteiger partial charge in [0.05, 0.1) is 47.9 Å². The summed E-state index contributed by atoms with van der Waals surface area (Å²) in [6, 6.07) is 17.0. The third-order valence-corrected chi connectivity index (χ3v) is 15.7. The Balaban J connectivity index is 0.843. The highest BCUT2D eigenvalue weighted by Crippen LogP contribution is 2.41. The molecule has 84 heavy (non-hydrogen) atoms. The summed E-state index contributed by atoms with van der Waals surface area (Å²) in [6.45, 7) is 15.0. The number of hydrogen-bond donors (Lipinski definition) is 6. The zero-order valence-corrected chi connectivity index (χ0v) is 48.5. The first kappa shape index (κ1) is 59.7. The zero-order chi connectivity index (χ0) is 60.4. The number of rotatable bonds is 22. The van der Waals surface area contributed by atoms with Crippen LogP contribution in [0.2, 0.25) is 0 Å². The van der Waals surface area contributed by atoms with Crippen LogP contribution in [-0.2, 0) is 56.1 Å². The van der Waals surface area contributed by atoms with Crippen LogP contribution in [-0.4, -0.2) is 115 Å². The Hall–Kier alpha value is -8.90. The van der Waals surface area contributed by atoms with Crippen molar-refractivity contribution in [1.82, 2.24) is 61.2 Å². The van der Waals surface area contributed by atoms with Crippen LogP contribution in [0.3, 0.4) is 0 Å². The molecular weight excluding hydrogens is 1080 g/mol. The number of aromatic nitrogens is 8. The van der Waals surface area contributed by atoms with E-state index in [1.165, 1.54) is 33.6 Å². The van der Waals surface area contributed by atoms with Crippen molar-refractivity contribution in [1.29, 1.82) is 0 Å². The van der Waals surface area contributed by atoms with Crippen molar-refractivity contribution >= 4 is 35.0 Å². The molecule has 0 fully saturated rings. The monoisotopic (exact) mass is 1150 g/mol. The molecule has 0 saturated carbocycles. The quantitative estimate of drug-likeness (QED) is 0.0532. The van der Waals surface area contributed by atoms with E-state index >= 15 is 0 Å². The Kier molecular flexibility index (Phi) is 17.4. The first-order valence-corrected chi connectivity index (χ1v) is 27.7. The molecule has 22 nitrogen and oxygen atoms in total. The lowest BCUT2D eigenvalue weighted by Crippen LogP contribution is -2.55. The number of carbonyl (C=O) groups excluding carboxylic acids is 4. The van der Waals surface area contributed by atoms with Crippen LogP contribution in [0.15, 0.2) is 107 Å². The zero-order valence-electron chi connectivity index (χ0n) is 48.5. The van der Waals surface area contributed by atoms with Crippen molar-refractivity contribution < 1.29 is 37.4 Å². The van der Waals surface area contributed by atoms with Crippen molar-refractivity contribution in [3.8, 4) is 11.5 Å². The van der Waals surface area contributed by atoms with E-state index in [1.807, 2.05) is 27.7 Å². The second-order valence-electron chi connectivity index (χ2n) is 22.9. The molecule has 3 aromatic carbocycles. The standard InChI is InChI=1S/C60H70F2N14O8/c1-33(63-9)53(77)65-49(57(81)73-31-59(5,6)51-47(73)25-39(55(79)67-51)23-37-11-15-41(61)16-12-37)35(3)75-27-43(69-71-75)29-83-45-19-21-46(22-20-45)84-30-44-28-76(72-70-44)36(4)50(66-54(78)34(2)64-10)58(82)74-32-60(7,8)52-48(74)26-40(56(80)68-52)24-38-13-17-42(62)18-14-38/h11-22,25-28,33-36,49-50,63-64H,23-24,29-32H2,1-10H3,(H,65,77)(H,66,78)(H,67,79)(H,68,80)/t33-,34-,35-,36-,49-,50-/m0/s1. The van der Waals surface area contributed by atoms with Crippen molar-refractivity contribution in [2.75, 3.05) is 37.0 Å². The predicted octanol–water partition coefficient (Wildman–Crippen LogP) is 4.82. The average molecular weight is 1150 g/mol. The van der Waals surface area contributed by atoms with Gasteiger partial charge < -0.3 is 50.5 Å². The molecule has 4 amide bonds. The minimum Gasteiger partial charge on any atom is -0.487 e. The number of carbonyl (C=O) groups is 4. The van der Waals surface area contributed by atoms with Crippen LogP contribution in [0.1, 0.15) is 113 Å². The van der Waals surface area contributed by atoms with E-state index in [4.69, 9.17) is 9.47 Å². The number of hydrogen-bond acceptors (Lipinski definition) is 14. The molecule has 0 bridgehead atoms. The van der Waals surface area contributed by atoms with Crippen molar-refractivity contribution in [3.05, 3.63) is 175 Å². The SMILES string of the molecule is CN[C@@H](C)C(=O)N[C@H](C(=O)N1CC(C)(C)c2[nH]c(=O)c(Cc3ccc(F)cc3)cc21)[C@H](C)n1cc(COc2ccc(OCc3cn([C@@H](C)[C@H](NC(=O)[C@H](C)NC)C(=O)N4CC(C)(C)c5[nH]c(=O)c(Cc6ccc(F)cc6)cc54)nn3)cc2)nn1. The van der Waals surface area contributed by atoms with Gasteiger partial charge in [-0.05, 0) is 114 Å². The van der Waals surface area contributed by atoms with E-state index in [0.717, 1.165) is 11.1 Å². The van der Waals surface area contributed by atoms with E-state index in [9.17, 15) is 37.5 Å². The maximum Gasteiger partial charge on any atom is 0.251 e. The summed E-state index contributed by atoms with van der Waals surface area (Å²) in [5.74, 6) is -1.49. The Morgan fingerprint density at radius 2 is 0.940 bits per heavy atom. The molecule has 0 spiro atoms. The number of H-pyrrole nitrogens is 2. The molecule has 442 valence electrons. The number of nitrogens with one attached hydrogen (secondary N) is 6. The fraction of sp³-hybridized carbons (Fsp3) is 0.400. The van der Waals surface area contributed by atoms with Gasteiger partial charge >= 0.3 is 0 Å². The van der Waals surface area contributed by atoms with Crippen LogP contribution in [0.25, 0.3) is 0 Å². The van der Waals surface area contributed by atoms with E-state index in [2.05, 4.69) is 51.9 Å². The van der Waals surface area contributed by atoms with E-state index in [1.54, 1.807) is 125 Å². The van der Waals surface area contributed by atoms with Gasteiger partial charge in [-0.1, -0.05) is 62.4 Å². The normalized spacial score (nSPS) is 16.2. The van der Waals surface area contributed by atoms with Crippen molar-refractivity contribution in [2.45, 2.75) is 129 Å². The van der Waals surface area contributed by atoms with Gasteiger partial charge in [0.1, 0.15) is 59.8 Å². The van der Waals surface area contributed by atoms with Crippen LogP contribution in [0.4, 0.5) is 20.2 Å². The molecule has 4 aromatic heterocycles. The smallest absolute Gasteiger partial charge is 0.251 e. The summed E-state index contributed by atoms with van der Waals surface area (Å²) < 4.78 is 42.6. The average Bonchev–Trinajstić information content (AvgIpc) is 1.76. The lowest BCUT2D eigenvalue weighted by Gasteiger charge is -2.30. The van der Waals surface area contributed by atoms with Gasteiger partial charge in [-0.2, -0.15) is 0 Å². The van der Waals surface area contributed by atoms with Crippen LogP contribution < -0.4 is 51.7 Å². The van der Waals surface area contributed by atoms with E-state index < -0.39 is 82.3 Å². The highest BCUT2D eigenvalue weighted by molar-refractivity contribution is 6.03. The molecule has 24 heteroatoms. The van der Waals surface area contributed by atoms with Gasteiger partial charge in [0.15, 0.2) is 0 Å². The maximum atomic E-state index is 14.8. The summed E-state index contributed by atoms with van der Waals surface area (Å²) >= 11 is 0. The summed E-state index contributed by atoms with van der Waals surface area (Å²) in [5, 5.41) is 29.0. The molecule has 2 aliphatic heterocycles. The van der Waals surface area contributed by atoms with Crippen LogP contribution in [0.5, 0.6) is 11.5 Å². The number of fused-ring (bicyclic) bond motifs is 2. The third-order valence-electron chi connectivity index (χ3n) is 15.7. The fourth-order valence-corrected chi connectivity index (χ4v) is 10.3. The number of anilines is 2. The number of nitrogens with zero attached hydrogens (tertiary/aromatic N) is 8. The van der Waals surface area contributed by atoms with Gasteiger partial charge in [-0.3, -0.25) is 28.8 Å². The summed E-state index contributed by atoms with van der Waals surface area (Å²) in [5.41, 5.74) is 3.37. The Labute approximate surface area is 483 Å². The van der Waals surface area contributed by atoms with Crippen LogP contribution in [0, 0.1) is 11.6 Å². The number of pyridine rings is 2. The number of benzene rings is 3. The van der Waals surface area contributed by atoms with Gasteiger partial charge in [0, 0.05) is 59.3 Å². The first-order valence-electron chi connectivity index (χ1n) is 27.7. The number of ether oxygens (including phenoxy) is 2. The minimum atomic E-state index is -1.13. The highest BCUT2D eigenvalue weighted by atomic mass is 19.1. The predicted molar refractivity (Wildman–Crippen MR) is 309 cm³/mol. The lowest BCUT2D eigenvalue weighted by molar-refractivity contribution is -0.129. The molecule has 9 rings (SSSR count). The largest absolute Gasteiger partial charge is 0.487 e. The third kappa shape index (κ3) is 13.0. The fourth-order valence-electron chi connectivity index (χ4n) is 10.3. The second-order valence-corrected chi connectivity index (χ2v) is 22.9. The first-order chi connectivity index (χ1) is 39.9. The second kappa shape index (κ2) is 24.5. The Morgan fingerprint density at radius 1 is 0.583 bits per heavy atom. The molecular formula is C60H70F2N14O8. The molecule has 6 N–H and O–H groups in total. The van der Waals surface area contributed by atoms with Gasteiger partial charge in [0.25, 0.3) is 22.9 Å². The number of halogens is 2. The van der Waals surface area contributed by atoms with Crippen LogP contribution >= 0.6 is 0 Å². The summed E-state index contributed by atoms with van der Waals surface area (Å²) in [4.78, 5) is 92.5. The highest BCUT2D eigenvalue weighted by Gasteiger charge is 2.45. The van der Waals surface area contributed by atoms with Gasteiger partial charge in [-0.25, -0.2) is 18.1 Å². The van der Waals surface area contributed by atoms with Gasteiger partial charge in [0.2, 0.25) is 11.8 Å². The molecule has 0 saturated heterocycles. The topological polar surface area (TPSA) is 268 Å². The van der Waals surface area contributed by atoms with E-state index in [-0.39, 0.29) is 50.3 Å². The Morgan fingerprint density at radius 3 is 1.29 bits per heavy atom. The molecule has 0 unspecified atom stereocenters. The molecule has 6 heterocycles. The Bertz CT molecular complexity index is 3430. The maximum absolute atomic E-state index is 14.8. The van der Waals surface area contributed by atoms with Crippen molar-refractivity contribution in [3.63, 3.8) is 0 Å². The number of aromatic amines is 2. The lowest BCUT2D eigenvalue weighted by atomic mass is 9.91. The van der Waals surface area contributed by atoms with Gasteiger partial charge in [-0.15, -0.1) is 10.2 Å². The number of likely N-dealkylation sites (N-methyl/N-ethyl adjacent to an activating group) is 2. The molecule has 0 aliphatic carbocycles. The molecule has 6 atom stereocenters. The van der Waals surface area contributed by atoms with E-state index in [0.29, 0.717) is 56.8 Å². The molecule has 2 aliphatic rings. The van der Waals surface area contributed by atoms with Crippen molar-refractivity contribution in [2.24, 2.45) is 0 Å². The minimum absolute atomic E-state index is 0.00574. The summed E-state index contributed by atoms with van der Waals surface area (Å²) in [6.07, 6.45) is 3.70. The summed E-state index contributed by atoms with van der Waals surface area (Å²) in [7, 11) is 3.28. The molecule has 7 aromatic rings. The number of amides is 4. The molecule has 0 radical (unpaired) electrons.